The molecule has 0 bridgehead atoms. The first-order valence-electron chi connectivity index (χ1n) is 6.31. The number of hydrogen-bond acceptors (Lipinski definition) is 2. The number of amides is 1. The van der Waals surface area contributed by atoms with E-state index in [0.717, 1.165) is 5.56 Å². The fourth-order valence-corrected chi connectivity index (χ4v) is 1.88. The monoisotopic (exact) mass is 280 g/mol. The van der Waals surface area contributed by atoms with Crippen molar-refractivity contribution >= 4 is 11.7 Å². The number of nitrogens with zero attached hydrogens (tertiary/aromatic N) is 1. The smallest absolute Gasteiger partial charge is 0.256 e. The van der Waals surface area contributed by atoms with E-state index in [1.54, 1.807) is 12.1 Å². The van der Waals surface area contributed by atoms with Crippen LogP contribution in [0.2, 0.25) is 0 Å². The molecule has 0 aliphatic carbocycles. The number of halogens is 1. The van der Waals surface area contributed by atoms with Gasteiger partial charge in [0.15, 0.2) is 0 Å². The van der Waals surface area contributed by atoms with E-state index in [9.17, 15) is 9.18 Å². The third-order valence-corrected chi connectivity index (χ3v) is 2.94. The molecule has 0 spiro atoms. The van der Waals surface area contributed by atoms with Crippen LogP contribution >= 0.6 is 0 Å². The molecule has 0 fully saturated rings. The predicted octanol–water partition coefficient (Wildman–Crippen LogP) is 3.27. The second-order valence-corrected chi connectivity index (χ2v) is 4.42. The van der Waals surface area contributed by atoms with Crippen LogP contribution in [0.1, 0.15) is 10.4 Å². The van der Waals surface area contributed by atoms with Gasteiger partial charge in [-0.2, -0.15) is 5.10 Å². The van der Waals surface area contributed by atoms with Gasteiger partial charge in [0.1, 0.15) is 11.6 Å². The Morgan fingerprint density at radius 3 is 2.76 bits per heavy atom. The van der Waals surface area contributed by atoms with E-state index in [0.29, 0.717) is 17.1 Å². The Hall–Kier alpha value is -2.95. The van der Waals surface area contributed by atoms with Crippen molar-refractivity contribution in [2.24, 2.45) is 0 Å². The van der Waals surface area contributed by atoms with Crippen LogP contribution in [0, 0.1) is 11.9 Å². The molecule has 103 valence electrons. The molecule has 0 saturated carbocycles. The number of H-pyrrole nitrogens is 1. The topological polar surface area (TPSA) is 57.8 Å². The Morgan fingerprint density at radius 1 is 1.24 bits per heavy atom. The maximum absolute atomic E-state index is 12.8. The largest absolute Gasteiger partial charge is 0.307 e. The van der Waals surface area contributed by atoms with Crippen molar-refractivity contribution in [3.8, 4) is 11.3 Å². The standard InChI is InChI=1S/C16H11FN3O/c17-13-8-6-12(7-9-13)16(21)18-15-10-14(19-20-15)11-4-2-1-3-5-11/h1-2,4-10H,(H2,18,19,20,21). The van der Waals surface area contributed by atoms with Crippen LogP contribution in [-0.4, -0.2) is 16.1 Å². The first-order chi connectivity index (χ1) is 10.2. The first-order valence-corrected chi connectivity index (χ1v) is 6.31. The van der Waals surface area contributed by atoms with Gasteiger partial charge in [0.25, 0.3) is 5.91 Å². The molecule has 0 atom stereocenters. The number of aromatic nitrogens is 2. The quantitative estimate of drug-likeness (QED) is 0.773. The van der Waals surface area contributed by atoms with Crippen LogP contribution in [0.15, 0.2) is 54.6 Å². The number of aromatic amines is 1. The van der Waals surface area contributed by atoms with Crippen LogP contribution in [0.4, 0.5) is 10.2 Å². The lowest BCUT2D eigenvalue weighted by Crippen LogP contribution is -2.12. The molecule has 1 amide bonds. The summed E-state index contributed by atoms with van der Waals surface area (Å²) in [6.45, 7) is 0. The molecule has 1 radical (unpaired) electrons. The summed E-state index contributed by atoms with van der Waals surface area (Å²) in [4.78, 5) is 12.0. The minimum Gasteiger partial charge on any atom is -0.307 e. The molecule has 5 heteroatoms. The van der Waals surface area contributed by atoms with Crippen LogP contribution in [0.25, 0.3) is 11.3 Å². The Balaban J connectivity index is 1.75. The Morgan fingerprint density at radius 2 is 2.05 bits per heavy atom. The third kappa shape index (κ3) is 2.97. The van der Waals surface area contributed by atoms with Crippen molar-refractivity contribution in [1.82, 2.24) is 10.2 Å². The molecule has 21 heavy (non-hydrogen) atoms. The third-order valence-electron chi connectivity index (χ3n) is 2.94. The number of carbonyl (C=O) groups excluding carboxylic acids is 1. The SMILES string of the molecule is O=C(Nc1cc(-c2c[c]ccc2)n[nH]1)c1ccc(F)cc1. The Kier molecular flexibility index (Phi) is 3.47. The summed E-state index contributed by atoms with van der Waals surface area (Å²) in [6.07, 6.45) is 0. The van der Waals surface area contributed by atoms with Crippen molar-refractivity contribution in [3.63, 3.8) is 0 Å². The maximum Gasteiger partial charge on any atom is 0.256 e. The zero-order valence-electron chi connectivity index (χ0n) is 10.9. The lowest BCUT2D eigenvalue weighted by molar-refractivity contribution is 0.102. The van der Waals surface area contributed by atoms with E-state index in [2.05, 4.69) is 21.6 Å². The Bertz CT molecular complexity index is 751. The number of carbonyl (C=O) groups is 1. The molecule has 1 aromatic heterocycles. The van der Waals surface area contributed by atoms with Gasteiger partial charge < -0.3 is 5.32 Å². The second kappa shape index (κ2) is 5.58. The van der Waals surface area contributed by atoms with E-state index >= 15 is 0 Å². The van der Waals surface area contributed by atoms with E-state index in [4.69, 9.17) is 0 Å². The molecule has 0 unspecified atom stereocenters. The van der Waals surface area contributed by atoms with E-state index in [1.807, 2.05) is 18.2 Å². The van der Waals surface area contributed by atoms with E-state index in [-0.39, 0.29) is 11.7 Å². The number of benzene rings is 2. The van der Waals surface area contributed by atoms with E-state index < -0.39 is 0 Å². The summed E-state index contributed by atoms with van der Waals surface area (Å²) < 4.78 is 12.8. The molecule has 0 saturated heterocycles. The molecular weight excluding hydrogens is 269 g/mol. The highest BCUT2D eigenvalue weighted by atomic mass is 19.1. The zero-order valence-corrected chi connectivity index (χ0v) is 10.9. The van der Waals surface area contributed by atoms with Gasteiger partial charge in [-0.1, -0.05) is 18.2 Å². The predicted molar refractivity (Wildman–Crippen MR) is 77.2 cm³/mol. The van der Waals surface area contributed by atoms with Crippen LogP contribution in [-0.2, 0) is 0 Å². The summed E-state index contributed by atoms with van der Waals surface area (Å²) in [6, 6.07) is 17.4. The van der Waals surface area contributed by atoms with Gasteiger partial charge in [-0.25, -0.2) is 4.39 Å². The number of hydrogen-bond donors (Lipinski definition) is 2. The highest BCUT2D eigenvalue weighted by Gasteiger charge is 2.09. The van der Waals surface area contributed by atoms with Gasteiger partial charge >= 0.3 is 0 Å². The molecule has 3 aromatic rings. The highest BCUT2D eigenvalue weighted by Crippen LogP contribution is 2.19. The maximum atomic E-state index is 12.8. The summed E-state index contributed by atoms with van der Waals surface area (Å²) in [5, 5.41) is 9.55. The van der Waals surface area contributed by atoms with Crippen molar-refractivity contribution < 1.29 is 9.18 Å². The summed E-state index contributed by atoms with van der Waals surface area (Å²) in [5.74, 6) is -0.233. The number of anilines is 1. The van der Waals surface area contributed by atoms with Gasteiger partial charge in [0.05, 0.1) is 5.69 Å². The lowest BCUT2D eigenvalue weighted by Gasteiger charge is -2.01. The second-order valence-electron chi connectivity index (χ2n) is 4.42. The van der Waals surface area contributed by atoms with Gasteiger partial charge in [-0.3, -0.25) is 9.89 Å². The minimum atomic E-state index is -0.379. The molecule has 1 heterocycles. The van der Waals surface area contributed by atoms with Gasteiger partial charge in [-0.15, -0.1) is 0 Å². The average Bonchev–Trinajstić information content (AvgIpc) is 2.97. The summed E-state index contributed by atoms with van der Waals surface area (Å²) in [7, 11) is 0. The molecule has 4 nitrogen and oxygen atoms in total. The van der Waals surface area contributed by atoms with Crippen molar-refractivity contribution in [2.45, 2.75) is 0 Å². The number of rotatable bonds is 3. The van der Waals surface area contributed by atoms with Gasteiger partial charge in [0.2, 0.25) is 0 Å². The fourth-order valence-electron chi connectivity index (χ4n) is 1.88. The van der Waals surface area contributed by atoms with Gasteiger partial charge in [0, 0.05) is 17.2 Å². The summed E-state index contributed by atoms with van der Waals surface area (Å²) >= 11 is 0. The van der Waals surface area contributed by atoms with Crippen molar-refractivity contribution in [1.29, 1.82) is 0 Å². The Labute approximate surface area is 120 Å². The first kappa shape index (κ1) is 13.1. The fraction of sp³-hybridized carbons (Fsp3) is 0. The zero-order chi connectivity index (χ0) is 14.7. The van der Waals surface area contributed by atoms with Crippen LogP contribution < -0.4 is 5.32 Å². The lowest BCUT2D eigenvalue weighted by atomic mass is 10.1. The van der Waals surface area contributed by atoms with Gasteiger partial charge in [-0.05, 0) is 36.4 Å². The van der Waals surface area contributed by atoms with Crippen molar-refractivity contribution in [3.05, 3.63) is 72.0 Å². The van der Waals surface area contributed by atoms with Crippen LogP contribution in [0.3, 0.4) is 0 Å². The molecular formula is C16H11FN3O. The van der Waals surface area contributed by atoms with E-state index in [1.165, 1.54) is 24.3 Å². The normalized spacial score (nSPS) is 10.3. The minimum absolute atomic E-state index is 0.329. The molecule has 3 rings (SSSR count). The summed E-state index contributed by atoms with van der Waals surface area (Å²) in [5.41, 5.74) is 1.98. The average molecular weight is 280 g/mol. The molecule has 0 aliphatic rings. The molecule has 2 aromatic carbocycles. The molecule has 0 aliphatic heterocycles. The van der Waals surface area contributed by atoms with Crippen molar-refractivity contribution in [2.75, 3.05) is 5.32 Å². The molecule has 2 N–H and O–H groups in total. The number of nitrogens with one attached hydrogen (secondary N) is 2. The van der Waals surface area contributed by atoms with Crippen LogP contribution in [0.5, 0.6) is 0 Å². The highest BCUT2D eigenvalue weighted by molar-refractivity contribution is 6.03.